The molecule has 8 heteroatoms. The summed E-state index contributed by atoms with van der Waals surface area (Å²) in [5.41, 5.74) is 2.38. The minimum Gasteiger partial charge on any atom is -0.347 e. The highest BCUT2D eigenvalue weighted by molar-refractivity contribution is 7.89. The Hall–Kier alpha value is -2.71. The zero-order valence-corrected chi connectivity index (χ0v) is 16.2. The zero-order chi connectivity index (χ0) is 19.9. The van der Waals surface area contributed by atoms with E-state index in [1.165, 1.54) is 6.07 Å². The van der Waals surface area contributed by atoms with Crippen molar-refractivity contribution in [2.45, 2.75) is 38.1 Å². The Morgan fingerprint density at radius 1 is 1.22 bits per heavy atom. The molecule has 0 aliphatic carbocycles. The fourth-order valence-electron chi connectivity index (χ4n) is 3.90. The molecule has 0 amide bonds. The summed E-state index contributed by atoms with van der Waals surface area (Å²) in [6.45, 7) is 5.92. The van der Waals surface area contributed by atoms with E-state index in [1.54, 1.807) is 13.8 Å². The van der Waals surface area contributed by atoms with Gasteiger partial charge in [-0.1, -0.05) is 25.1 Å². The third kappa shape index (κ3) is 3.45. The van der Waals surface area contributed by atoms with Gasteiger partial charge in [0.1, 0.15) is 0 Å². The predicted octanol–water partition coefficient (Wildman–Crippen LogP) is 3.62. The number of hydrogen-bond donors (Lipinski definition) is 1. The van der Waals surface area contributed by atoms with E-state index in [1.807, 2.05) is 43.5 Å². The van der Waals surface area contributed by atoms with Gasteiger partial charge in [-0.05, 0) is 54.0 Å². The Morgan fingerprint density at radius 2 is 1.89 bits per heavy atom. The first-order valence-corrected chi connectivity index (χ1v) is 10.0. The number of benzene rings is 2. The van der Waals surface area contributed by atoms with Crippen LogP contribution in [0.2, 0.25) is 0 Å². The van der Waals surface area contributed by atoms with E-state index in [0.717, 1.165) is 16.5 Å². The maximum absolute atomic E-state index is 12.0. The standard InChI is InChI=1S/C19H21N3O4S/c1-12-10-17(22(23)24)19(27(20,25)26)14(3)18(12)13(2)11-21-9-8-15-6-4-5-7-16(15)21/h4-10,13H,11H2,1-3H3,(H2,20,25,26)/t13-/m1/s1. The molecule has 142 valence electrons. The highest BCUT2D eigenvalue weighted by Crippen LogP contribution is 2.36. The van der Waals surface area contributed by atoms with Crippen LogP contribution in [-0.4, -0.2) is 17.9 Å². The quantitative estimate of drug-likeness (QED) is 0.533. The molecule has 0 unspecified atom stereocenters. The van der Waals surface area contributed by atoms with Crippen molar-refractivity contribution in [3.05, 3.63) is 69.4 Å². The average Bonchev–Trinajstić information content (AvgIpc) is 2.96. The number of fused-ring (bicyclic) bond motifs is 1. The van der Waals surface area contributed by atoms with Crippen molar-refractivity contribution in [1.82, 2.24) is 4.57 Å². The van der Waals surface area contributed by atoms with E-state index in [-0.39, 0.29) is 5.92 Å². The molecule has 1 atom stereocenters. The van der Waals surface area contributed by atoms with Crippen LogP contribution in [0.15, 0.2) is 47.5 Å². The molecule has 2 N–H and O–H groups in total. The molecule has 0 aliphatic rings. The zero-order valence-electron chi connectivity index (χ0n) is 15.3. The molecule has 3 rings (SSSR count). The average molecular weight is 387 g/mol. The van der Waals surface area contributed by atoms with Crippen LogP contribution in [0.5, 0.6) is 0 Å². The lowest BCUT2D eigenvalue weighted by molar-refractivity contribution is -0.388. The lowest BCUT2D eigenvalue weighted by Gasteiger charge is -2.21. The summed E-state index contributed by atoms with van der Waals surface area (Å²) in [7, 11) is -4.23. The van der Waals surface area contributed by atoms with Crippen molar-refractivity contribution < 1.29 is 13.3 Å². The van der Waals surface area contributed by atoms with Crippen molar-refractivity contribution in [2.24, 2.45) is 5.14 Å². The monoisotopic (exact) mass is 387 g/mol. The first kappa shape index (κ1) is 19.1. The van der Waals surface area contributed by atoms with Crippen molar-refractivity contribution in [1.29, 1.82) is 0 Å². The van der Waals surface area contributed by atoms with Crippen LogP contribution in [0.1, 0.15) is 29.5 Å². The van der Waals surface area contributed by atoms with Gasteiger partial charge in [0.2, 0.25) is 10.0 Å². The van der Waals surface area contributed by atoms with E-state index < -0.39 is 25.5 Å². The Morgan fingerprint density at radius 3 is 2.52 bits per heavy atom. The second-order valence-corrected chi connectivity index (χ2v) is 8.31. The molecule has 2 aromatic carbocycles. The van der Waals surface area contributed by atoms with E-state index in [0.29, 0.717) is 17.7 Å². The normalized spacial score (nSPS) is 13.0. The number of aryl methyl sites for hydroxylation is 1. The van der Waals surface area contributed by atoms with Gasteiger partial charge in [-0.2, -0.15) is 0 Å². The number of rotatable bonds is 5. The number of primary sulfonamides is 1. The lowest BCUT2D eigenvalue weighted by atomic mass is 9.91. The van der Waals surface area contributed by atoms with Crippen molar-refractivity contribution in [2.75, 3.05) is 0 Å². The van der Waals surface area contributed by atoms with Crippen LogP contribution >= 0.6 is 0 Å². The number of sulfonamides is 1. The van der Waals surface area contributed by atoms with Gasteiger partial charge >= 0.3 is 0 Å². The maximum atomic E-state index is 12.0. The minimum absolute atomic E-state index is 0.0675. The van der Waals surface area contributed by atoms with Crippen LogP contribution < -0.4 is 5.14 Å². The van der Waals surface area contributed by atoms with Crippen molar-refractivity contribution in [3.63, 3.8) is 0 Å². The van der Waals surface area contributed by atoms with Gasteiger partial charge in [-0.25, -0.2) is 13.6 Å². The molecule has 7 nitrogen and oxygen atoms in total. The van der Waals surface area contributed by atoms with E-state index in [9.17, 15) is 18.5 Å². The second kappa shape index (κ2) is 6.79. The summed E-state index contributed by atoms with van der Waals surface area (Å²) in [6, 6.07) is 11.3. The van der Waals surface area contributed by atoms with Crippen LogP contribution in [0.25, 0.3) is 10.9 Å². The minimum atomic E-state index is -4.23. The SMILES string of the molecule is Cc1cc([N+](=O)[O-])c(S(N)(=O)=O)c(C)c1[C@H](C)Cn1ccc2ccccc21. The molecule has 0 spiro atoms. The number of para-hydroxylation sites is 1. The molecule has 0 saturated heterocycles. The van der Waals surface area contributed by atoms with E-state index >= 15 is 0 Å². The molecule has 0 radical (unpaired) electrons. The van der Waals surface area contributed by atoms with E-state index in [4.69, 9.17) is 5.14 Å². The van der Waals surface area contributed by atoms with Crippen molar-refractivity contribution >= 4 is 26.6 Å². The first-order valence-electron chi connectivity index (χ1n) is 8.46. The Kier molecular flexibility index (Phi) is 4.79. The number of nitro benzene ring substituents is 1. The summed E-state index contributed by atoms with van der Waals surface area (Å²) in [4.78, 5) is 10.2. The smallest absolute Gasteiger partial charge is 0.289 e. The van der Waals surface area contributed by atoms with Gasteiger partial charge in [0, 0.05) is 24.3 Å². The van der Waals surface area contributed by atoms with Gasteiger partial charge in [-0.15, -0.1) is 0 Å². The highest BCUT2D eigenvalue weighted by Gasteiger charge is 2.30. The van der Waals surface area contributed by atoms with Crippen LogP contribution in [0.4, 0.5) is 5.69 Å². The summed E-state index contributed by atoms with van der Waals surface area (Å²) < 4.78 is 26.1. The number of hydrogen-bond acceptors (Lipinski definition) is 4. The molecule has 1 heterocycles. The van der Waals surface area contributed by atoms with Crippen LogP contribution in [-0.2, 0) is 16.6 Å². The van der Waals surface area contributed by atoms with Gasteiger partial charge in [0.25, 0.3) is 5.69 Å². The van der Waals surface area contributed by atoms with Gasteiger partial charge in [0.15, 0.2) is 4.90 Å². The van der Waals surface area contributed by atoms with Gasteiger partial charge < -0.3 is 4.57 Å². The molecule has 0 aliphatic heterocycles. The first-order chi connectivity index (χ1) is 12.6. The number of nitrogens with zero attached hydrogens (tertiary/aromatic N) is 2. The molecule has 0 fully saturated rings. The highest BCUT2D eigenvalue weighted by atomic mass is 32.2. The van der Waals surface area contributed by atoms with Gasteiger partial charge in [-0.3, -0.25) is 10.1 Å². The number of aromatic nitrogens is 1. The van der Waals surface area contributed by atoms with Gasteiger partial charge in [0.05, 0.1) is 4.92 Å². The van der Waals surface area contributed by atoms with Crippen LogP contribution in [0.3, 0.4) is 0 Å². The molecular formula is C19H21N3O4S. The van der Waals surface area contributed by atoms with Crippen molar-refractivity contribution in [3.8, 4) is 0 Å². The van der Waals surface area contributed by atoms with Crippen LogP contribution in [0, 0.1) is 24.0 Å². The molecule has 3 aromatic rings. The Labute approximate surface area is 157 Å². The Balaban J connectivity index is 2.12. The molecular weight excluding hydrogens is 366 g/mol. The fourth-order valence-corrected chi connectivity index (χ4v) is 4.86. The second-order valence-electron chi connectivity index (χ2n) is 6.81. The molecule has 0 saturated carbocycles. The largest absolute Gasteiger partial charge is 0.347 e. The summed E-state index contributed by atoms with van der Waals surface area (Å²) in [6.07, 6.45) is 1.98. The third-order valence-electron chi connectivity index (χ3n) is 4.88. The summed E-state index contributed by atoms with van der Waals surface area (Å²) >= 11 is 0. The topological polar surface area (TPSA) is 108 Å². The number of nitrogens with two attached hydrogens (primary N) is 1. The Bertz CT molecular complexity index is 1150. The molecule has 0 bridgehead atoms. The molecule has 1 aromatic heterocycles. The third-order valence-corrected chi connectivity index (χ3v) is 5.96. The molecule has 27 heavy (non-hydrogen) atoms. The maximum Gasteiger partial charge on any atom is 0.289 e. The lowest BCUT2D eigenvalue weighted by Crippen LogP contribution is -2.19. The fraction of sp³-hybridized carbons (Fsp3) is 0.263. The summed E-state index contributed by atoms with van der Waals surface area (Å²) in [5.74, 6) is -0.0675. The summed E-state index contributed by atoms with van der Waals surface area (Å²) in [5, 5.41) is 17.7. The van der Waals surface area contributed by atoms with E-state index in [2.05, 4.69) is 4.57 Å². The number of nitro groups is 1. The predicted molar refractivity (Wildman–Crippen MR) is 104 cm³/mol.